The summed E-state index contributed by atoms with van der Waals surface area (Å²) >= 11 is 0. The molecule has 4 nitrogen and oxygen atoms in total. The minimum Gasteiger partial charge on any atom is -0.295 e. The maximum Gasteiger partial charge on any atom is 0.238 e. The number of rotatable bonds is 2. The number of Topliss-reactive ketones (excluding diaryl/α,β-unsaturated/α-hetero) is 1. The van der Waals surface area contributed by atoms with Gasteiger partial charge in [0, 0.05) is 5.56 Å². The highest BCUT2D eigenvalue weighted by Gasteiger charge is 2.59. The van der Waals surface area contributed by atoms with Crippen LogP contribution in [-0.4, -0.2) is 17.6 Å². The number of ketones is 1. The zero-order valence-corrected chi connectivity index (χ0v) is 11.7. The minimum atomic E-state index is -0.200. The summed E-state index contributed by atoms with van der Waals surface area (Å²) in [5, 5.41) is 0. The molecule has 0 unspecified atom stereocenters. The summed E-state index contributed by atoms with van der Waals surface area (Å²) in [4.78, 5) is 38.1. The van der Waals surface area contributed by atoms with Gasteiger partial charge in [0.15, 0.2) is 5.78 Å². The Morgan fingerprint density at radius 2 is 1.71 bits per heavy atom. The summed E-state index contributed by atoms with van der Waals surface area (Å²) in [5.41, 5.74) is 1.04. The van der Waals surface area contributed by atoms with Crippen LogP contribution in [0.25, 0.3) is 0 Å². The van der Waals surface area contributed by atoms with Crippen molar-refractivity contribution in [2.45, 2.75) is 13.3 Å². The molecule has 2 amide bonds. The van der Waals surface area contributed by atoms with Gasteiger partial charge in [0.25, 0.3) is 0 Å². The van der Waals surface area contributed by atoms with Crippen LogP contribution in [0.4, 0.5) is 5.69 Å². The van der Waals surface area contributed by atoms with Gasteiger partial charge in [-0.05, 0) is 37.3 Å². The summed E-state index contributed by atoms with van der Waals surface area (Å²) in [7, 11) is 0. The molecule has 0 radical (unpaired) electrons. The summed E-state index contributed by atoms with van der Waals surface area (Å²) in [5.74, 6) is -0.278. The van der Waals surface area contributed by atoms with Crippen LogP contribution in [0.5, 0.6) is 0 Å². The normalized spacial score (nSPS) is 32.9. The fraction of sp³-hybridized carbons (Fsp3) is 0.353. The topological polar surface area (TPSA) is 54.5 Å². The van der Waals surface area contributed by atoms with E-state index in [9.17, 15) is 14.4 Å². The number of fused-ring (bicyclic) bond motifs is 5. The molecule has 106 valence electrons. The first-order chi connectivity index (χ1) is 10.1. The third kappa shape index (κ3) is 1.59. The molecule has 2 fully saturated rings. The summed E-state index contributed by atoms with van der Waals surface area (Å²) in [6.07, 6.45) is 5.08. The molecule has 4 atom stereocenters. The quantitative estimate of drug-likeness (QED) is 0.474. The molecule has 1 saturated heterocycles. The molecular weight excluding hydrogens is 266 g/mol. The Morgan fingerprint density at radius 3 is 2.29 bits per heavy atom. The fourth-order valence-electron chi connectivity index (χ4n) is 4.02. The highest BCUT2D eigenvalue weighted by Crippen LogP contribution is 2.53. The van der Waals surface area contributed by atoms with Crippen molar-refractivity contribution in [3.63, 3.8) is 0 Å². The van der Waals surface area contributed by atoms with Crippen LogP contribution in [0.3, 0.4) is 0 Å². The molecule has 2 aliphatic carbocycles. The van der Waals surface area contributed by atoms with Crippen LogP contribution in [0.1, 0.15) is 23.7 Å². The second-order valence-electron chi connectivity index (χ2n) is 6.12. The van der Waals surface area contributed by atoms with Gasteiger partial charge in [-0.25, -0.2) is 4.90 Å². The predicted molar refractivity (Wildman–Crippen MR) is 76.7 cm³/mol. The number of amides is 2. The number of benzene rings is 1. The lowest BCUT2D eigenvalue weighted by atomic mass is 9.85. The number of carbonyl (C=O) groups is 3. The van der Waals surface area contributed by atoms with Crippen molar-refractivity contribution in [1.29, 1.82) is 0 Å². The number of hydrogen-bond donors (Lipinski definition) is 0. The van der Waals surface area contributed by atoms with Gasteiger partial charge in [-0.1, -0.05) is 24.3 Å². The fourth-order valence-corrected chi connectivity index (χ4v) is 4.02. The van der Waals surface area contributed by atoms with Crippen LogP contribution < -0.4 is 4.90 Å². The Morgan fingerprint density at radius 1 is 1.10 bits per heavy atom. The molecule has 1 aromatic rings. The minimum absolute atomic E-state index is 0.0714. The Labute approximate surface area is 122 Å². The number of allylic oxidation sites excluding steroid dienone is 2. The first kappa shape index (κ1) is 12.5. The number of carbonyl (C=O) groups excluding carboxylic acids is 3. The van der Waals surface area contributed by atoms with Crippen LogP contribution in [0.15, 0.2) is 36.4 Å². The molecule has 4 heteroatoms. The maximum absolute atomic E-state index is 12.7. The molecule has 4 rings (SSSR count). The number of imide groups is 1. The van der Waals surface area contributed by atoms with E-state index in [1.807, 2.05) is 0 Å². The van der Waals surface area contributed by atoms with E-state index in [0.29, 0.717) is 11.3 Å². The number of nitrogens with zero attached hydrogens (tertiary/aromatic N) is 1. The third-order valence-corrected chi connectivity index (χ3v) is 4.98. The lowest BCUT2D eigenvalue weighted by molar-refractivity contribution is -0.123. The standard InChI is InChI=1S/C17H15NO3/c1-9(19)10-3-2-4-13(8-10)18-16(20)14-11-5-6-12(7-11)15(14)17(18)21/h2-6,8,11-12,14-15H,7H2,1H3/t11-,12+,14-,15-/m0/s1. The van der Waals surface area contributed by atoms with Gasteiger partial charge in [0.1, 0.15) is 0 Å². The Balaban J connectivity index is 1.74. The molecule has 1 aliphatic heterocycles. The van der Waals surface area contributed by atoms with Gasteiger partial charge >= 0.3 is 0 Å². The van der Waals surface area contributed by atoms with E-state index in [2.05, 4.69) is 12.2 Å². The lowest BCUT2D eigenvalue weighted by Crippen LogP contribution is -2.32. The highest BCUT2D eigenvalue weighted by atomic mass is 16.2. The van der Waals surface area contributed by atoms with Crippen LogP contribution in [0.2, 0.25) is 0 Å². The van der Waals surface area contributed by atoms with Gasteiger partial charge in [0.2, 0.25) is 11.8 Å². The van der Waals surface area contributed by atoms with Gasteiger partial charge in [-0.2, -0.15) is 0 Å². The molecule has 21 heavy (non-hydrogen) atoms. The molecular formula is C17H15NO3. The van der Waals surface area contributed by atoms with Crippen molar-refractivity contribution >= 4 is 23.3 Å². The van der Waals surface area contributed by atoms with Crippen molar-refractivity contribution in [2.75, 3.05) is 4.90 Å². The maximum atomic E-state index is 12.7. The zero-order chi connectivity index (χ0) is 14.7. The van der Waals surface area contributed by atoms with Gasteiger partial charge in [-0.15, -0.1) is 0 Å². The van der Waals surface area contributed by atoms with Gasteiger partial charge in [-0.3, -0.25) is 14.4 Å². The van der Waals surface area contributed by atoms with Crippen molar-refractivity contribution in [2.24, 2.45) is 23.7 Å². The van der Waals surface area contributed by atoms with Crippen molar-refractivity contribution in [3.05, 3.63) is 42.0 Å². The summed E-state index contributed by atoms with van der Waals surface area (Å²) < 4.78 is 0. The molecule has 1 heterocycles. The molecule has 0 spiro atoms. The molecule has 3 aliphatic rings. The van der Waals surface area contributed by atoms with E-state index < -0.39 is 0 Å². The smallest absolute Gasteiger partial charge is 0.238 e. The SMILES string of the molecule is CC(=O)c1cccc(N2C(=O)[C@@H]3[C@@H](C2=O)[C@H]2C=C[C@@H]3C2)c1. The second-order valence-corrected chi connectivity index (χ2v) is 6.12. The van der Waals surface area contributed by atoms with Gasteiger partial charge < -0.3 is 0 Å². The van der Waals surface area contributed by atoms with Gasteiger partial charge in [0.05, 0.1) is 17.5 Å². The van der Waals surface area contributed by atoms with Crippen LogP contribution in [-0.2, 0) is 9.59 Å². The lowest BCUT2D eigenvalue weighted by Gasteiger charge is -2.17. The van der Waals surface area contributed by atoms with Crippen molar-refractivity contribution < 1.29 is 14.4 Å². The van der Waals surface area contributed by atoms with E-state index in [-0.39, 0.29) is 41.3 Å². The van der Waals surface area contributed by atoms with E-state index in [1.54, 1.807) is 24.3 Å². The van der Waals surface area contributed by atoms with Crippen molar-refractivity contribution in [1.82, 2.24) is 0 Å². The Hall–Kier alpha value is -2.23. The first-order valence-electron chi connectivity index (χ1n) is 7.25. The highest BCUT2D eigenvalue weighted by molar-refractivity contribution is 6.23. The van der Waals surface area contributed by atoms with Crippen molar-refractivity contribution in [3.8, 4) is 0 Å². The van der Waals surface area contributed by atoms with E-state index in [0.717, 1.165) is 6.42 Å². The van der Waals surface area contributed by atoms with E-state index in [1.165, 1.54) is 11.8 Å². The molecule has 0 N–H and O–H groups in total. The van der Waals surface area contributed by atoms with E-state index in [4.69, 9.17) is 0 Å². The largest absolute Gasteiger partial charge is 0.295 e. The average molecular weight is 281 g/mol. The average Bonchev–Trinajstić information content (AvgIpc) is 3.13. The van der Waals surface area contributed by atoms with Crippen LogP contribution >= 0.6 is 0 Å². The van der Waals surface area contributed by atoms with Crippen LogP contribution in [0, 0.1) is 23.7 Å². The predicted octanol–water partition coefficient (Wildman–Crippen LogP) is 2.20. The Bertz CT molecular complexity index is 676. The molecule has 1 saturated carbocycles. The summed E-state index contributed by atoms with van der Waals surface area (Å²) in [6, 6.07) is 6.77. The second kappa shape index (κ2) is 4.13. The zero-order valence-electron chi connectivity index (χ0n) is 11.7. The molecule has 1 aromatic carbocycles. The van der Waals surface area contributed by atoms with E-state index >= 15 is 0 Å². The molecule has 2 bridgehead atoms. The Kier molecular flexibility index (Phi) is 2.46. The number of hydrogen-bond acceptors (Lipinski definition) is 3. The third-order valence-electron chi connectivity index (χ3n) is 4.98. The molecule has 0 aromatic heterocycles. The monoisotopic (exact) mass is 281 g/mol. The summed E-state index contributed by atoms with van der Waals surface area (Å²) in [6.45, 7) is 1.48. The first-order valence-corrected chi connectivity index (χ1v) is 7.25. The number of anilines is 1.